The molecule has 2 rings (SSSR count). The molecular formula is C11H9ClFNS. The van der Waals surface area contributed by atoms with Crippen molar-refractivity contribution in [2.75, 3.05) is 0 Å². The average Bonchev–Trinajstić information content (AvgIpc) is 2.74. The molecule has 1 aromatic heterocycles. The third-order valence-corrected chi connectivity index (χ3v) is 3.44. The summed E-state index contributed by atoms with van der Waals surface area (Å²) < 4.78 is 13.0. The van der Waals surface area contributed by atoms with Crippen LogP contribution in [-0.2, 0) is 0 Å². The van der Waals surface area contributed by atoms with E-state index >= 15 is 0 Å². The lowest BCUT2D eigenvalue weighted by Gasteiger charge is -2.11. The zero-order valence-electron chi connectivity index (χ0n) is 7.78. The summed E-state index contributed by atoms with van der Waals surface area (Å²) in [6.07, 6.45) is 0. The Hall–Kier alpha value is -0.900. The van der Waals surface area contributed by atoms with Crippen LogP contribution in [0.15, 0.2) is 35.7 Å². The summed E-state index contributed by atoms with van der Waals surface area (Å²) in [5.41, 5.74) is 6.61. The van der Waals surface area contributed by atoms with Gasteiger partial charge >= 0.3 is 0 Å². The van der Waals surface area contributed by atoms with E-state index in [4.69, 9.17) is 17.3 Å². The minimum Gasteiger partial charge on any atom is -0.320 e. The molecule has 1 nitrogen and oxygen atoms in total. The van der Waals surface area contributed by atoms with Gasteiger partial charge in [-0.2, -0.15) is 0 Å². The molecule has 0 aliphatic rings. The predicted octanol–water partition coefficient (Wildman–Crippen LogP) is 3.59. The van der Waals surface area contributed by atoms with Crippen molar-refractivity contribution in [2.24, 2.45) is 5.73 Å². The summed E-state index contributed by atoms with van der Waals surface area (Å²) in [5, 5.41) is 2.43. The normalized spacial score (nSPS) is 12.7. The highest BCUT2D eigenvalue weighted by Gasteiger charge is 2.13. The van der Waals surface area contributed by atoms with Crippen LogP contribution in [0, 0.1) is 5.82 Å². The second-order valence-corrected chi connectivity index (χ2v) is 4.55. The van der Waals surface area contributed by atoms with Crippen LogP contribution in [0.3, 0.4) is 0 Å². The number of hydrogen-bond donors (Lipinski definition) is 1. The van der Waals surface area contributed by atoms with Crippen LogP contribution in [0.5, 0.6) is 0 Å². The van der Waals surface area contributed by atoms with Gasteiger partial charge < -0.3 is 5.73 Å². The van der Waals surface area contributed by atoms with Crippen molar-refractivity contribution in [2.45, 2.75) is 6.04 Å². The van der Waals surface area contributed by atoms with Crippen LogP contribution in [0.2, 0.25) is 5.02 Å². The van der Waals surface area contributed by atoms with Gasteiger partial charge in [-0.3, -0.25) is 0 Å². The molecule has 0 saturated heterocycles. The molecule has 0 saturated carbocycles. The Morgan fingerprint density at radius 3 is 2.80 bits per heavy atom. The quantitative estimate of drug-likeness (QED) is 0.855. The molecule has 4 heteroatoms. The van der Waals surface area contributed by atoms with Crippen LogP contribution in [0.4, 0.5) is 4.39 Å². The van der Waals surface area contributed by atoms with Gasteiger partial charge in [0.05, 0.1) is 6.04 Å². The number of thiophene rings is 1. The summed E-state index contributed by atoms with van der Waals surface area (Å²) in [6.45, 7) is 0. The number of rotatable bonds is 2. The number of benzene rings is 1. The molecular weight excluding hydrogens is 233 g/mol. The highest BCUT2D eigenvalue weighted by molar-refractivity contribution is 7.10. The monoisotopic (exact) mass is 241 g/mol. The Morgan fingerprint density at radius 2 is 2.13 bits per heavy atom. The topological polar surface area (TPSA) is 26.0 Å². The zero-order valence-corrected chi connectivity index (χ0v) is 9.36. The van der Waals surface area contributed by atoms with Crippen LogP contribution in [0.1, 0.15) is 16.5 Å². The standard InChI is InChI=1S/C11H9ClFNS/c12-9-4-3-7(13)6-8(9)11(14)10-2-1-5-15-10/h1-6,11H,14H2/t11-/m0/s1. The molecule has 0 fully saturated rings. The Kier molecular flexibility index (Phi) is 3.05. The first-order chi connectivity index (χ1) is 7.18. The molecule has 0 aliphatic carbocycles. The lowest BCUT2D eigenvalue weighted by atomic mass is 10.1. The largest absolute Gasteiger partial charge is 0.320 e. The second kappa shape index (κ2) is 4.31. The van der Waals surface area contributed by atoms with Crippen LogP contribution in [0.25, 0.3) is 0 Å². The van der Waals surface area contributed by atoms with E-state index in [0.29, 0.717) is 10.6 Å². The summed E-state index contributed by atoms with van der Waals surface area (Å²) in [6, 6.07) is 7.71. The van der Waals surface area contributed by atoms with E-state index in [1.165, 1.54) is 29.5 Å². The number of nitrogens with two attached hydrogens (primary N) is 1. The minimum atomic E-state index is -0.354. The third kappa shape index (κ3) is 2.20. The summed E-state index contributed by atoms with van der Waals surface area (Å²) >= 11 is 7.50. The van der Waals surface area contributed by atoms with Gasteiger partial charge in [-0.15, -0.1) is 11.3 Å². The third-order valence-electron chi connectivity index (χ3n) is 2.14. The molecule has 0 radical (unpaired) electrons. The van der Waals surface area contributed by atoms with E-state index in [9.17, 15) is 4.39 Å². The van der Waals surface area contributed by atoms with Crippen molar-refractivity contribution in [3.63, 3.8) is 0 Å². The first-order valence-electron chi connectivity index (χ1n) is 4.42. The van der Waals surface area contributed by atoms with Crippen LogP contribution in [-0.4, -0.2) is 0 Å². The Bertz CT molecular complexity index is 456. The van der Waals surface area contributed by atoms with E-state index in [1.807, 2.05) is 17.5 Å². The van der Waals surface area contributed by atoms with E-state index in [1.54, 1.807) is 0 Å². The molecule has 1 atom stereocenters. The SMILES string of the molecule is N[C@H](c1cccs1)c1cc(F)ccc1Cl. The maximum absolute atomic E-state index is 13.0. The van der Waals surface area contributed by atoms with Gasteiger partial charge in [0.1, 0.15) is 5.82 Å². The Morgan fingerprint density at radius 1 is 1.33 bits per heavy atom. The smallest absolute Gasteiger partial charge is 0.123 e. The molecule has 0 spiro atoms. The second-order valence-electron chi connectivity index (χ2n) is 3.16. The first-order valence-corrected chi connectivity index (χ1v) is 5.68. The fraction of sp³-hybridized carbons (Fsp3) is 0.0909. The van der Waals surface area contributed by atoms with Gasteiger partial charge in [-0.25, -0.2) is 4.39 Å². The highest BCUT2D eigenvalue weighted by Crippen LogP contribution is 2.29. The first kappa shape index (κ1) is 10.6. The summed E-state index contributed by atoms with van der Waals surface area (Å²) in [7, 11) is 0. The van der Waals surface area contributed by atoms with Crippen molar-refractivity contribution in [1.29, 1.82) is 0 Å². The van der Waals surface area contributed by atoms with Gasteiger partial charge in [0.15, 0.2) is 0 Å². The van der Waals surface area contributed by atoms with Crippen molar-refractivity contribution >= 4 is 22.9 Å². The lowest BCUT2D eigenvalue weighted by molar-refractivity contribution is 0.624. The molecule has 0 aliphatic heterocycles. The summed E-state index contributed by atoms with van der Waals surface area (Å²) in [5.74, 6) is -0.318. The van der Waals surface area contributed by atoms with Gasteiger partial charge in [0.25, 0.3) is 0 Å². The predicted molar refractivity (Wildman–Crippen MR) is 61.8 cm³/mol. The van der Waals surface area contributed by atoms with Gasteiger partial charge in [-0.05, 0) is 35.2 Å². The van der Waals surface area contributed by atoms with Crippen molar-refractivity contribution in [3.05, 3.63) is 57.0 Å². The molecule has 78 valence electrons. The van der Waals surface area contributed by atoms with E-state index < -0.39 is 0 Å². The van der Waals surface area contributed by atoms with Crippen molar-refractivity contribution in [3.8, 4) is 0 Å². The Labute approximate surface area is 96.3 Å². The molecule has 1 heterocycles. The maximum Gasteiger partial charge on any atom is 0.123 e. The minimum absolute atomic E-state index is 0.318. The molecule has 0 amide bonds. The van der Waals surface area contributed by atoms with Crippen molar-refractivity contribution in [1.82, 2.24) is 0 Å². The van der Waals surface area contributed by atoms with Crippen LogP contribution < -0.4 is 5.73 Å². The van der Waals surface area contributed by atoms with Crippen LogP contribution >= 0.6 is 22.9 Å². The molecule has 15 heavy (non-hydrogen) atoms. The number of halogens is 2. The molecule has 1 aromatic carbocycles. The molecule has 0 unspecified atom stereocenters. The zero-order chi connectivity index (χ0) is 10.8. The maximum atomic E-state index is 13.0. The number of hydrogen-bond acceptors (Lipinski definition) is 2. The molecule has 0 bridgehead atoms. The van der Waals surface area contributed by atoms with Crippen molar-refractivity contribution < 1.29 is 4.39 Å². The van der Waals surface area contributed by atoms with E-state index in [2.05, 4.69) is 0 Å². The highest BCUT2D eigenvalue weighted by atomic mass is 35.5. The summed E-state index contributed by atoms with van der Waals surface area (Å²) in [4.78, 5) is 0.975. The molecule has 2 aromatic rings. The van der Waals surface area contributed by atoms with E-state index in [0.717, 1.165) is 4.88 Å². The lowest BCUT2D eigenvalue weighted by Crippen LogP contribution is -2.11. The van der Waals surface area contributed by atoms with E-state index in [-0.39, 0.29) is 11.9 Å². The fourth-order valence-electron chi connectivity index (χ4n) is 1.37. The fourth-order valence-corrected chi connectivity index (χ4v) is 2.35. The molecule has 2 N–H and O–H groups in total. The average molecular weight is 242 g/mol. The van der Waals surface area contributed by atoms with Gasteiger partial charge in [0.2, 0.25) is 0 Å². The van der Waals surface area contributed by atoms with Gasteiger partial charge in [0, 0.05) is 9.90 Å². The van der Waals surface area contributed by atoms with Gasteiger partial charge in [-0.1, -0.05) is 17.7 Å². The Balaban J connectivity index is 2.41.